The standard InChI is InChI=1S/C35H41N5O3Si/c1-35(2,3)44(28-11-7-5-8-12-28,29-13-9-6-10-14-29)43-22-26-19-30(40-24-39-32-33(36)37-23-38-34(32)40)31(20-26)42-21-25-15-17-27(41-4)18-16-25/h5-18,23-24,26,30-31H,19-22H2,1-4H3,(H2,36,37,38)/t26-,30+,31-/m0/s1. The third kappa shape index (κ3) is 5.75. The molecule has 5 aromatic rings. The van der Waals surface area contributed by atoms with Crippen molar-refractivity contribution in [3.8, 4) is 5.75 Å². The summed E-state index contributed by atoms with van der Waals surface area (Å²) < 4.78 is 21.5. The number of fused-ring (bicyclic) bond motifs is 1. The molecule has 2 heterocycles. The molecule has 1 fully saturated rings. The summed E-state index contributed by atoms with van der Waals surface area (Å²) in [5, 5.41) is 2.48. The van der Waals surface area contributed by atoms with Gasteiger partial charge in [-0.3, -0.25) is 0 Å². The molecule has 0 radical (unpaired) electrons. The number of rotatable bonds is 10. The maximum Gasteiger partial charge on any atom is 0.261 e. The van der Waals surface area contributed by atoms with Crippen LogP contribution in [0.15, 0.2) is 97.6 Å². The summed E-state index contributed by atoms with van der Waals surface area (Å²) in [5.41, 5.74) is 8.60. The fraction of sp³-hybridized carbons (Fsp3) is 0.343. The zero-order valence-electron chi connectivity index (χ0n) is 25.9. The minimum Gasteiger partial charge on any atom is -0.497 e. The molecule has 0 amide bonds. The highest BCUT2D eigenvalue weighted by Gasteiger charge is 2.51. The van der Waals surface area contributed by atoms with E-state index in [1.165, 1.54) is 16.7 Å². The third-order valence-corrected chi connectivity index (χ3v) is 13.9. The van der Waals surface area contributed by atoms with E-state index in [4.69, 9.17) is 19.6 Å². The average molecular weight is 608 g/mol. The van der Waals surface area contributed by atoms with Gasteiger partial charge in [-0.15, -0.1) is 0 Å². The number of anilines is 1. The zero-order valence-corrected chi connectivity index (χ0v) is 26.9. The maximum absolute atomic E-state index is 7.36. The van der Waals surface area contributed by atoms with E-state index in [0.29, 0.717) is 24.5 Å². The lowest BCUT2D eigenvalue weighted by molar-refractivity contribution is 0.0179. The Labute approximate surface area is 260 Å². The molecule has 2 N–H and O–H groups in total. The van der Waals surface area contributed by atoms with Crippen molar-refractivity contribution in [3.63, 3.8) is 0 Å². The molecule has 44 heavy (non-hydrogen) atoms. The normalized spacial score (nSPS) is 19.0. The van der Waals surface area contributed by atoms with E-state index < -0.39 is 8.32 Å². The van der Waals surface area contributed by atoms with Crippen molar-refractivity contribution in [2.24, 2.45) is 5.92 Å². The molecule has 0 saturated heterocycles. The van der Waals surface area contributed by atoms with Gasteiger partial charge >= 0.3 is 0 Å². The molecular weight excluding hydrogens is 567 g/mol. The molecule has 3 aromatic carbocycles. The molecule has 3 atom stereocenters. The Bertz CT molecular complexity index is 1630. The second-order valence-corrected chi connectivity index (χ2v) is 17.0. The number of ether oxygens (including phenoxy) is 2. The summed E-state index contributed by atoms with van der Waals surface area (Å²) in [6.07, 6.45) is 5.01. The van der Waals surface area contributed by atoms with Crippen LogP contribution in [0.3, 0.4) is 0 Å². The van der Waals surface area contributed by atoms with Crippen molar-refractivity contribution in [2.45, 2.75) is 57.4 Å². The highest BCUT2D eigenvalue weighted by molar-refractivity contribution is 6.99. The molecule has 1 saturated carbocycles. The molecule has 1 aliphatic rings. The molecule has 2 aromatic heterocycles. The summed E-state index contributed by atoms with van der Waals surface area (Å²) >= 11 is 0. The van der Waals surface area contributed by atoms with Crippen LogP contribution in [0.5, 0.6) is 5.75 Å². The van der Waals surface area contributed by atoms with Crippen molar-refractivity contribution < 1.29 is 13.9 Å². The van der Waals surface area contributed by atoms with Crippen LogP contribution in [0, 0.1) is 5.92 Å². The Morgan fingerprint density at radius 2 is 1.52 bits per heavy atom. The van der Waals surface area contributed by atoms with E-state index >= 15 is 0 Å². The number of nitrogens with zero attached hydrogens (tertiary/aromatic N) is 4. The lowest BCUT2D eigenvalue weighted by atomic mass is 10.1. The van der Waals surface area contributed by atoms with Crippen LogP contribution < -0.4 is 20.8 Å². The van der Waals surface area contributed by atoms with Gasteiger partial charge in [0.25, 0.3) is 8.32 Å². The van der Waals surface area contributed by atoms with E-state index in [-0.39, 0.29) is 23.1 Å². The molecule has 0 aliphatic heterocycles. The van der Waals surface area contributed by atoms with Crippen LogP contribution in [-0.4, -0.2) is 47.7 Å². The van der Waals surface area contributed by atoms with Gasteiger partial charge in [-0.1, -0.05) is 93.6 Å². The minimum atomic E-state index is -2.67. The largest absolute Gasteiger partial charge is 0.497 e. The molecule has 228 valence electrons. The topological polar surface area (TPSA) is 97.3 Å². The highest BCUT2D eigenvalue weighted by atomic mass is 28.4. The molecular formula is C35H41N5O3Si. The average Bonchev–Trinajstić information content (AvgIpc) is 3.66. The summed E-state index contributed by atoms with van der Waals surface area (Å²) in [4.78, 5) is 13.3. The second-order valence-electron chi connectivity index (χ2n) is 12.7. The van der Waals surface area contributed by atoms with Crippen molar-refractivity contribution in [1.29, 1.82) is 0 Å². The fourth-order valence-corrected chi connectivity index (χ4v) is 11.4. The number of nitrogens with two attached hydrogens (primary N) is 1. The summed E-state index contributed by atoms with van der Waals surface area (Å²) in [6, 6.07) is 29.7. The summed E-state index contributed by atoms with van der Waals surface area (Å²) in [6.45, 7) is 8.09. The van der Waals surface area contributed by atoms with Crippen LogP contribution in [-0.2, 0) is 15.8 Å². The predicted molar refractivity (Wildman–Crippen MR) is 177 cm³/mol. The Morgan fingerprint density at radius 1 is 0.864 bits per heavy atom. The van der Waals surface area contributed by atoms with Gasteiger partial charge in [0.15, 0.2) is 11.5 Å². The van der Waals surface area contributed by atoms with Crippen molar-refractivity contribution in [1.82, 2.24) is 19.5 Å². The smallest absolute Gasteiger partial charge is 0.261 e. The number of aromatic nitrogens is 4. The molecule has 9 heteroatoms. The van der Waals surface area contributed by atoms with Crippen LogP contribution in [0.4, 0.5) is 5.82 Å². The lowest BCUT2D eigenvalue weighted by Crippen LogP contribution is -2.66. The van der Waals surface area contributed by atoms with Crippen LogP contribution >= 0.6 is 0 Å². The Hall–Kier alpha value is -4.05. The quantitative estimate of drug-likeness (QED) is 0.209. The zero-order chi connectivity index (χ0) is 30.7. The number of benzene rings is 3. The van der Waals surface area contributed by atoms with Crippen LogP contribution in [0.1, 0.15) is 45.2 Å². The Morgan fingerprint density at radius 3 is 2.14 bits per heavy atom. The molecule has 1 aliphatic carbocycles. The number of nitrogen functional groups attached to an aromatic ring is 1. The fourth-order valence-electron chi connectivity index (χ4n) is 6.73. The number of hydrogen-bond acceptors (Lipinski definition) is 7. The first-order valence-corrected chi connectivity index (χ1v) is 17.1. The van der Waals surface area contributed by atoms with Crippen molar-refractivity contribution >= 4 is 35.7 Å². The first-order valence-electron chi connectivity index (χ1n) is 15.2. The van der Waals surface area contributed by atoms with E-state index in [2.05, 4.69) is 101 Å². The van der Waals surface area contributed by atoms with Gasteiger partial charge in [0.1, 0.15) is 17.6 Å². The van der Waals surface area contributed by atoms with Crippen molar-refractivity contribution in [3.05, 3.63) is 103 Å². The van der Waals surface area contributed by atoms with E-state index in [1.807, 2.05) is 30.6 Å². The number of imidazole rings is 1. The van der Waals surface area contributed by atoms with Gasteiger partial charge in [0.2, 0.25) is 0 Å². The molecule has 8 nitrogen and oxygen atoms in total. The summed E-state index contributed by atoms with van der Waals surface area (Å²) in [7, 11) is -0.991. The Kier molecular flexibility index (Phi) is 8.53. The highest BCUT2D eigenvalue weighted by Crippen LogP contribution is 2.42. The summed E-state index contributed by atoms with van der Waals surface area (Å²) in [5.74, 6) is 1.49. The van der Waals surface area contributed by atoms with Gasteiger partial charge in [-0.2, -0.15) is 0 Å². The molecule has 0 unspecified atom stereocenters. The van der Waals surface area contributed by atoms with Gasteiger partial charge in [-0.05, 0) is 51.9 Å². The SMILES string of the molecule is COc1ccc(CO[C@H]2C[C@@H](CO[Si](c3ccccc3)(c3ccccc3)C(C)(C)C)C[C@H]2n2cnc3c(N)ncnc32)cc1. The first kappa shape index (κ1) is 30.0. The van der Waals surface area contributed by atoms with E-state index in [1.54, 1.807) is 7.11 Å². The van der Waals surface area contributed by atoms with Gasteiger partial charge in [0, 0.05) is 6.61 Å². The number of methoxy groups -OCH3 is 1. The van der Waals surface area contributed by atoms with Crippen LogP contribution in [0.2, 0.25) is 5.04 Å². The van der Waals surface area contributed by atoms with Gasteiger partial charge in [0.05, 0.1) is 32.2 Å². The predicted octanol–water partition coefficient (Wildman–Crippen LogP) is 5.53. The van der Waals surface area contributed by atoms with E-state index in [9.17, 15) is 0 Å². The van der Waals surface area contributed by atoms with Gasteiger partial charge < -0.3 is 24.2 Å². The minimum absolute atomic E-state index is 0.0281. The monoisotopic (exact) mass is 607 g/mol. The van der Waals surface area contributed by atoms with Crippen molar-refractivity contribution in [2.75, 3.05) is 19.5 Å². The second kappa shape index (κ2) is 12.5. The first-order chi connectivity index (χ1) is 21.3. The number of hydrogen-bond donors (Lipinski definition) is 1. The molecule has 0 spiro atoms. The van der Waals surface area contributed by atoms with Crippen LogP contribution in [0.25, 0.3) is 11.2 Å². The van der Waals surface area contributed by atoms with Gasteiger partial charge in [-0.25, -0.2) is 15.0 Å². The maximum atomic E-state index is 7.36. The lowest BCUT2D eigenvalue weighted by Gasteiger charge is -2.43. The molecule has 6 rings (SSSR count). The van der Waals surface area contributed by atoms with E-state index in [0.717, 1.165) is 29.8 Å². The third-order valence-electron chi connectivity index (χ3n) is 8.89. The molecule has 0 bridgehead atoms. The Balaban J connectivity index is 1.30.